The quantitative estimate of drug-likeness (QED) is 0.420. The van der Waals surface area contributed by atoms with Crippen molar-refractivity contribution in [3.63, 3.8) is 0 Å². The molecule has 0 atom stereocenters. The molecule has 1 rings (SSSR count). The average molecular weight is 126 g/mol. The van der Waals surface area contributed by atoms with E-state index < -0.39 is 11.9 Å². The van der Waals surface area contributed by atoms with Gasteiger partial charge in [0, 0.05) is 0 Å². The fourth-order valence-corrected chi connectivity index (χ4v) is 0.388. The minimum absolute atomic E-state index is 0.0467. The van der Waals surface area contributed by atoms with E-state index in [1.54, 1.807) is 0 Å². The summed E-state index contributed by atoms with van der Waals surface area (Å²) < 4.78 is 0. The average Bonchev–Trinajstić information content (AvgIpc) is 1.80. The molecule has 1 heterocycles. The van der Waals surface area contributed by atoms with Crippen LogP contribution in [0.2, 0.25) is 0 Å². The Morgan fingerprint density at radius 1 is 1.56 bits per heavy atom. The van der Waals surface area contributed by atoms with Gasteiger partial charge in [-0.15, -0.1) is 0 Å². The highest BCUT2D eigenvalue weighted by atomic mass is 16.2. The molecule has 0 aromatic carbocycles. The van der Waals surface area contributed by atoms with Crippen molar-refractivity contribution in [3.05, 3.63) is 11.9 Å². The van der Waals surface area contributed by atoms with Crippen molar-refractivity contribution < 1.29 is 9.59 Å². The third kappa shape index (κ3) is 0.987. The van der Waals surface area contributed by atoms with Crippen molar-refractivity contribution in [3.8, 4) is 0 Å². The van der Waals surface area contributed by atoms with Crippen molar-refractivity contribution >= 4 is 11.9 Å². The Morgan fingerprint density at radius 2 is 2.22 bits per heavy atom. The van der Waals surface area contributed by atoms with E-state index >= 15 is 0 Å². The van der Waals surface area contributed by atoms with Crippen LogP contribution in [-0.4, -0.2) is 11.9 Å². The first-order valence-electron chi connectivity index (χ1n) is 2.22. The zero-order valence-electron chi connectivity index (χ0n) is 4.42. The molecule has 9 heavy (non-hydrogen) atoms. The molecule has 0 saturated carbocycles. The second-order valence-corrected chi connectivity index (χ2v) is 1.47. The van der Waals surface area contributed by atoms with E-state index in [4.69, 9.17) is 5.73 Å². The maximum atomic E-state index is 10.4. The van der Waals surface area contributed by atoms with Gasteiger partial charge < -0.3 is 5.73 Å². The number of carbonyl (C=O) groups excluding carboxylic acids is 2. The fraction of sp³-hybridized carbons (Fsp3) is 0. The summed E-state index contributed by atoms with van der Waals surface area (Å²) in [6.07, 6.45) is 1.03. The summed E-state index contributed by atoms with van der Waals surface area (Å²) in [7, 11) is 0. The monoisotopic (exact) mass is 126 g/mol. The van der Waals surface area contributed by atoms with Gasteiger partial charge in [0.25, 0.3) is 5.91 Å². The van der Waals surface area contributed by atoms with Crippen molar-refractivity contribution in [1.82, 2.24) is 10.6 Å². The lowest BCUT2D eigenvalue weighted by molar-refractivity contribution is -0.116. The number of hydrogen-bond acceptors (Lipinski definition) is 3. The van der Waals surface area contributed by atoms with E-state index in [2.05, 4.69) is 5.32 Å². The SMILES string of the molecule is NC1=C[N]C(=O)NC1=O. The number of nitrogens with zero attached hydrogens (tertiary/aromatic N) is 1. The van der Waals surface area contributed by atoms with Gasteiger partial charge in [0.15, 0.2) is 0 Å². The molecule has 0 aromatic heterocycles. The number of hydrogen-bond donors (Lipinski definition) is 2. The van der Waals surface area contributed by atoms with Gasteiger partial charge >= 0.3 is 6.03 Å². The summed E-state index contributed by atoms with van der Waals surface area (Å²) in [5.41, 5.74) is 5.00. The van der Waals surface area contributed by atoms with Gasteiger partial charge in [-0.05, 0) is 0 Å². The van der Waals surface area contributed by atoms with Crippen LogP contribution in [0.5, 0.6) is 0 Å². The predicted octanol–water partition coefficient (Wildman–Crippen LogP) is -1.36. The molecule has 3 amide bonds. The van der Waals surface area contributed by atoms with Gasteiger partial charge in [0.1, 0.15) is 5.70 Å². The standard InChI is InChI=1S/C4H4N3O2/c5-2-1-6-4(9)7-3(2)8/h1H,5H2,(H,7,8,9). The van der Waals surface area contributed by atoms with Gasteiger partial charge in [-0.3, -0.25) is 10.1 Å². The molecule has 0 aromatic rings. The zero-order valence-corrected chi connectivity index (χ0v) is 4.42. The lowest BCUT2D eigenvalue weighted by atomic mass is 10.4. The molecule has 0 unspecified atom stereocenters. The number of urea groups is 1. The Morgan fingerprint density at radius 3 is 2.67 bits per heavy atom. The highest BCUT2D eigenvalue weighted by Gasteiger charge is 2.15. The number of rotatable bonds is 0. The Bertz CT molecular complexity index is 196. The van der Waals surface area contributed by atoms with E-state index in [9.17, 15) is 9.59 Å². The molecule has 0 fully saturated rings. The number of amides is 3. The Labute approximate surface area is 50.9 Å². The first kappa shape index (κ1) is 5.61. The lowest BCUT2D eigenvalue weighted by Crippen LogP contribution is -2.41. The van der Waals surface area contributed by atoms with Crippen LogP contribution >= 0.6 is 0 Å². The van der Waals surface area contributed by atoms with Gasteiger partial charge in [0.05, 0.1) is 6.20 Å². The molecular formula is C4H4N3O2. The van der Waals surface area contributed by atoms with Gasteiger partial charge in [-0.2, -0.15) is 5.32 Å². The predicted molar refractivity (Wildman–Crippen MR) is 27.9 cm³/mol. The molecule has 47 valence electrons. The van der Waals surface area contributed by atoms with Crippen LogP contribution in [0, 0.1) is 0 Å². The Kier molecular flexibility index (Phi) is 1.11. The third-order valence-electron chi connectivity index (χ3n) is 0.804. The second-order valence-electron chi connectivity index (χ2n) is 1.47. The lowest BCUT2D eigenvalue weighted by Gasteiger charge is -2.06. The van der Waals surface area contributed by atoms with Crippen LogP contribution in [0.4, 0.5) is 4.79 Å². The maximum Gasteiger partial charge on any atom is 0.347 e. The van der Waals surface area contributed by atoms with Crippen LogP contribution in [0.3, 0.4) is 0 Å². The minimum Gasteiger partial charge on any atom is -0.393 e. The van der Waals surface area contributed by atoms with E-state index in [0.717, 1.165) is 6.20 Å². The van der Waals surface area contributed by atoms with Crippen LogP contribution in [0.25, 0.3) is 0 Å². The fourth-order valence-electron chi connectivity index (χ4n) is 0.388. The van der Waals surface area contributed by atoms with Crippen LogP contribution in [-0.2, 0) is 4.79 Å². The molecule has 1 aliphatic rings. The van der Waals surface area contributed by atoms with Gasteiger partial charge in [-0.1, -0.05) is 0 Å². The summed E-state index contributed by atoms with van der Waals surface area (Å²) in [4.78, 5) is 20.6. The summed E-state index contributed by atoms with van der Waals surface area (Å²) in [5, 5.41) is 5.09. The van der Waals surface area contributed by atoms with Crippen LogP contribution in [0.15, 0.2) is 11.9 Å². The first-order valence-corrected chi connectivity index (χ1v) is 2.22. The normalized spacial score (nSPS) is 18.0. The highest BCUT2D eigenvalue weighted by molar-refractivity contribution is 6.05. The first-order chi connectivity index (χ1) is 4.20. The van der Waals surface area contributed by atoms with E-state index in [0.29, 0.717) is 0 Å². The maximum absolute atomic E-state index is 10.4. The van der Waals surface area contributed by atoms with E-state index in [-0.39, 0.29) is 5.70 Å². The number of nitrogens with one attached hydrogen (secondary N) is 1. The summed E-state index contributed by atoms with van der Waals surface area (Å²) in [6.45, 7) is 0. The summed E-state index contributed by atoms with van der Waals surface area (Å²) in [5.74, 6) is -0.588. The molecule has 1 radical (unpaired) electrons. The number of nitrogens with two attached hydrogens (primary N) is 1. The van der Waals surface area contributed by atoms with Crippen molar-refractivity contribution in [2.24, 2.45) is 5.73 Å². The zero-order chi connectivity index (χ0) is 6.85. The highest BCUT2D eigenvalue weighted by Crippen LogP contribution is 1.88. The van der Waals surface area contributed by atoms with E-state index in [1.165, 1.54) is 0 Å². The molecule has 5 nitrogen and oxygen atoms in total. The molecule has 1 aliphatic heterocycles. The molecule has 0 bridgehead atoms. The summed E-state index contributed by atoms with van der Waals surface area (Å²) >= 11 is 0. The Balaban J connectivity index is 2.79. The van der Waals surface area contributed by atoms with Crippen molar-refractivity contribution in [2.45, 2.75) is 0 Å². The van der Waals surface area contributed by atoms with E-state index in [1.807, 2.05) is 5.32 Å². The summed E-state index contributed by atoms with van der Waals surface area (Å²) in [6, 6.07) is -0.672. The minimum atomic E-state index is -0.672. The smallest absolute Gasteiger partial charge is 0.347 e. The molecule has 3 N–H and O–H groups in total. The third-order valence-corrected chi connectivity index (χ3v) is 0.804. The number of carbonyl (C=O) groups is 2. The molecular weight excluding hydrogens is 122 g/mol. The molecule has 0 spiro atoms. The van der Waals surface area contributed by atoms with Gasteiger partial charge in [0.2, 0.25) is 0 Å². The molecule has 5 heteroatoms. The Hall–Kier alpha value is -1.52. The largest absolute Gasteiger partial charge is 0.393 e. The van der Waals surface area contributed by atoms with Crippen molar-refractivity contribution in [2.75, 3.05) is 0 Å². The van der Waals surface area contributed by atoms with Crippen LogP contribution < -0.4 is 16.4 Å². The van der Waals surface area contributed by atoms with Crippen molar-refractivity contribution in [1.29, 1.82) is 0 Å². The molecule has 0 aliphatic carbocycles. The second kappa shape index (κ2) is 1.77. The van der Waals surface area contributed by atoms with Crippen LogP contribution in [0.1, 0.15) is 0 Å². The topological polar surface area (TPSA) is 86.3 Å². The van der Waals surface area contributed by atoms with Gasteiger partial charge in [-0.25, -0.2) is 4.79 Å². The number of imide groups is 1. The molecule has 0 saturated heterocycles.